The highest BCUT2D eigenvalue weighted by Crippen LogP contribution is 2.25. The highest BCUT2D eigenvalue weighted by molar-refractivity contribution is 7.80. The number of hydrogen-bond donors (Lipinski definition) is 2. The lowest BCUT2D eigenvalue weighted by atomic mass is 10.1. The van der Waals surface area contributed by atoms with Gasteiger partial charge in [-0.1, -0.05) is 23.7 Å². The molecule has 2 aromatic rings. The molecule has 0 amide bonds. The van der Waals surface area contributed by atoms with Crippen LogP contribution >= 0.6 is 23.8 Å². The van der Waals surface area contributed by atoms with Gasteiger partial charge in [0.25, 0.3) is 0 Å². The second-order valence-corrected chi connectivity index (χ2v) is 6.78. The molecule has 1 aliphatic rings. The maximum Gasteiger partial charge on any atom is 0.184 e. The number of hydrogen-bond acceptors (Lipinski definition) is 4. The van der Waals surface area contributed by atoms with Gasteiger partial charge in [-0.15, -0.1) is 0 Å². The van der Waals surface area contributed by atoms with Crippen LogP contribution in [0.5, 0.6) is 0 Å². The summed E-state index contributed by atoms with van der Waals surface area (Å²) >= 11 is 10.7. The summed E-state index contributed by atoms with van der Waals surface area (Å²) < 4.78 is 14.5. The fourth-order valence-electron chi connectivity index (χ4n) is 2.91. The molecule has 136 valence electrons. The van der Waals surface area contributed by atoms with Gasteiger partial charge in [0, 0.05) is 36.9 Å². The Labute approximate surface area is 162 Å². The molecular weight excluding hydrogens is 373 g/mol. The fraction of sp³-hybridized carbons (Fsp3) is 0.222. The van der Waals surface area contributed by atoms with E-state index in [-0.39, 0.29) is 10.9 Å². The third-order valence-electron chi connectivity index (χ3n) is 4.15. The number of thiocarbonyl (C=S) groups is 1. The molecule has 1 saturated heterocycles. The second-order valence-electron chi connectivity index (χ2n) is 5.90. The van der Waals surface area contributed by atoms with Crippen LogP contribution in [0.15, 0.2) is 47.6 Å². The Hall–Kier alpha value is -2.38. The molecule has 0 aliphatic carbocycles. The smallest absolute Gasteiger partial charge is 0.184 e. The minimum Gasteiger partial charge on any atom is -0.375 e. The summed E-state index contributed by atoms with van der Waals surface area (Å²) in [5.41, 5.74) is 10.0. The number of piperazine rings is 1. The van der Waals surface area contributed by atoms with Crippen LogP contribution in [-0.4, -0.2) is 37.5 Å². The number of nitrogens with one attached hydrogen (secondary N) is 1. The predicted molar refractivity (Wildman–Crippen MR) is 110 cm³/mol. The average molecular weight is 392 g/mol. The lowest BCUT2D eigenvalue weighted by Crippen LogP contribution is -2.46. The van der Waals surface area contributed by atoms with E-state index < -0.39 is 0 Å². The molecule has 1 fully saturated rings. The summed E-state index contributed by atoms with van der Waals surface area (Å²) in [7, 11) is 0. The number of halogens is 2. The quantitative estimate of drug-likeness (QED) is 0.476. The molecule has 0 radical (unpaired) electrons. The first kappa shape index (κ1) is 18.4. The van der Waals surface area contributed by atoms with Crippen LogP contribution in [0.25, 0.3) is 0 Å². The molecule has 0 spiro atoms. The van der Waals surface area contributed by atoms with Gasteiger partial charge in [0.15, 0.2) is 5.11 Å². The van der Waals surface area contributed by atoms with Gasteiger partial charge in [0.2, 0.25) is 0 Å². The summed E-state index contributed by atoms with van der Waals surface area (Å²) in [5, 5.41) is 4.62. The first-order valence-corrected chi connectivity index (χ1v) is 8.95. The van der Waals surface area contributed by atoms with E-state index in [4.69, 9.17) is 17.3 Å². The molecular formula is C18H19ClFN5S. The van der Waals surface area contributed by atoms with Crippen molar-refractivity contribution >= 4 is 46.5 Å². The number of benzene rings is 2. The summed E-state index contributed by atoms with van der Waals surface area (Å²) in [6.45, 7) is 3.08. The van der Waals surface area contributed by atoms with E-state index in [0.29, 0.717) is 11.3 Å². The van der Waals surface area contributed by atoms with Gasteiger partial charge < -0.3 is 15.5 Å². The van der Waals surface area contributed by atoms with Gasteiger partial charge in [-0.2, -0.15) is 5.10 Å². The maximum absolute atomic E-state index is 14.5. The van der Waals surface area contributed by atoms with Gasteiger partial charge in [0.1, 0.15) is 5.82 Å². The van der Waals surface area contributed by atoms with Gasteiger partial charge >= 0.3 is 0 Å². The Kier molecular flexibility index (Phi) is 5.90. The van der Waals surface area contributed by atoms with Gasteiger partial charge in [-0.05, 0) is 48.1 Å². The van der Waals surface area contributed by atoms with Crippen molar-refractivity contribution in [1.82, 2.24) is 5.43 Å². The lowest BCUT2D eigenvalue weighted by molar-refractivity contribution is 0.598. The monoisotopic (exact) mass is 391 g/mol. The Morgan fingerprint density at radius 1 is 1.15 bits per heavy atom. The Morgan fingerprint density at radius 2 is 1.88 bits per heavy atom. The Morgan fingerprint density at radius 3 is 2.54 bits per heavy atom. The van der Waals surface area contributed by atoms with E-state index in [9.17, 15) is 4.39 Å². The molecule has 8 heteroatoms. The normalized spacial score (nSPS) is 14.7. The van der Waals surface area contributed by atoms with Crippen LogP contribution in [0.2, 0.25) is 5.02 Å². The van der Waals surface area contributed by atoms with Crippen molar-refractivity contribution in [1.29, 1.82) is 0 Å². The Balaban J connectivity index is 1.64. The summed E-state index contributed by atoms with van der Waals surface area (Å²) in [6.07, 6.45) is 1.48. The van der Waals surface area contributed by atoms with Crippen molar-refractivity contribution < 1.29 is 4.39 Å². The molecule has 0 aromatic heterocycles. The highest BCUT2D eigenvalue weighted by Gasteiger charge is 2.20. The summed E-state index contributed by atoms with van der Waals surface area (Å²) in [4.78, 5) is 4.30. The van der Waals surface area contributed by atoms with E-state index in [1.54, 1.807) is 6.07 Å². The minimum atomic E-state index is -0.277. The zero-order valence-electron chi connectivity index (χ0n) is 14.0. The van der Waals surface area contributed by atoms with Crippen LogP contribution < -0.4 is 21.0 Å². The van der Waals surface area contributed by atoms with Gasteiger partial charge in [-0.25, -0.2) is 4.39 Å². The van der Waals surface area contributed by atoms with Crippen LogP contribution in [-0.2, 0) is 0 Å². The van der Waals surface area contributed by atoms with Gasteiger partial charge in [0.05, 0.1) is 11.9 Å². The Bertz CT molecular complexity index is 821. The van der Waals surface area contributed by atoms with Crippen LogP contribution in [0.1, 0.15) is 5.56 Å². The first-order chi connectivity index (χ1) is 12.5. The maximum atomic E-state index is 14.5. The molecule has 26 heavy (non-hydrogen) atoms. The number of anilines is 2. The molecule has 1 heterocycles. The summed E-state index contributed by atoms with van der Waals surface area (Å²) in [6, 6.07) is 12.8. The summed E-state index contributed by atoms with van der Waals surface area (Å²) in [5.74, 6) is -0.277. The molecule has 3 rings (SSSR count). The van der Waals surface area contributed by atoms with E-state index >= 15 is 0 Å². The second kappa shape index (κ2) is 8.33. The topological polar surface area (TPSA) is 56.9 Å². The van der Waals surface area contributed by atoms with E-state index in [2.05, 4.69) is 27.6 Å². The van der Waals surface area contributed by atoms with Crippen molar-refractivity contribution in [2.45, 2.75) is 0 Å². The van der Waals surface area contributed by atoms with Crippen molar-refractivity contribution in [3.8, 4) is 0 Å². The van der Waals surface area contributed by atoms with E-state index in [0.717, 1.165) is 36.9 Å². The van der Waals surface area contributed by atoms with Gasteiger partial charge in [-0.3, -0.25) is 5.43 Å². The molecule has 0 saturated carbocycles. The molecule has 0 atom stereocenters. The molecule has 0 bridgehead atoms. The molecule has 2 aromatic carbocycles. The van der Waals surface area contributed by atoms with Crippen molar-refractivity contribution in [2.24, 2.45) is 10.8 Å². The predicted octanol–water partition coefficient (Wildman–Crippen LogP) is 2.97. The van der Waals surface area contributed by atoms with Crippen LogP contribution in [0.3, 0.4) is 0 Å². The number of hydrazone groups is 1. The SMILES string of the molecule is NC(=S)N/N=C/c1ccc(N2CCN(c3cccc(Cl)c3)CC2)c(F)c1. The first-order valence-electron chi connectivity index (χ1n) is 8.16. The standard InChI is InChI=1S/C18H19ClFN5S/c19-14-2-1-3-15(11-14)24-6-8-25(9-7-24)17-5-4-13(10-16(17)20)12-22-23-18(21)26/h1-5,10-12H,6-9H2,(H3,21,23,26)/b22-12+. The zero-order valence-corrected chi connectivity index (χ0v) is 15.6. The third kappa shape index (κ3) is 4.62. The number of nitrogens with two attached hydrogens (primary N) is 1. The molecule has 3 N–H and O–H groups in total. The molecule has 5 nitrogen and oxygen atoms in total. The largest absolute Gasteiger partial charge is 0.375 e. The minimum absolute atomic E-state index is 0.0657. The van der Waals surface area contributed by atoms with E-state index in [1.165, 1.54) is 12.3 Å². The van der Waals surface area contributed by atoms with Crippen molar-refractivity contribution in [3.05, 3.63) is 58.9 Å². The third-order valence-corrected chi connectivity index (χ3v) is 4.48. The van der Waals surface area contributed by atoms with Crippen molar-refractivity contribution in [2.75, 3.05) is 36.0 Å². The fourth-order valence-corrected chi connectivity index (χ4v) is 3.15. The molecule has 0 unspecified atom stereocenters. The van der Waals surface area contributed by atoms with Crippen molar-refractivity contribution in [3.63, 3.8) is 0 Å². The zero-order chi connectivity index (χ0) is 18.5. The average Bonchev–Trinajstić information content (AvgIpc) is 2.62. The van der Waals surface area contributed by atoms with Crippen LogP contribution in [0, 0.1) is 5.82 Å². The van der Waals surface area contributed by atoms with E-state index in [1.807, 2.05) is 35.2 Å². The molecule has 1 aliphatic heterocycles. The van der Waals surface area contributed by atoms with Crippen LogP contribution in [0.4, 0.5) is 15.8 Å². The number of nitrogens with zero attached hydrogens (tertiary/aromatic N) is 3. The highest BCUT2D eigenvalue weighted by atomic mass is 35.5. The lowest BCUT2D eigenvalue weighted by Gasteiger charge is -2.37. The number of rotatable bonds is 4.